The molecule has 1 aliphatic carbocycles. The Balaban J connectivity index is 2.00. The minimum Gasteiger partial charge on any atom is -0.327 e. The van der Waals surface area contributed by atoms with E-state index in [2.05, 4.69) is 0 Å². The van der Waals surface area contributed by atoms with Gasteiger partial charge in [0.1, 0.15) is 0 Å². The lowest BCUT2D eigenvalue weighted by atomic mass is 10.2. The zero-order valence-electron chi connectivity index (χ0n) is 8.98. The molecule has 1 fully saturated rings. The van der Waals surface area contributed by atoms with Crippen LogP contribution in [0.25, 0.3) is 0 Å². The Morgan fingerprint density at radius 3 is 2.87 bits per heavy atom. The van der Waals surface area contributed by atoms with Gasteiger partial charge in [-0.1, -0.05) is 12.1 Å². The summed E-state index contributed by atoms with van der Waals surface area (Å²) in [7, 11) is -0.929. The molecular formula is C12H17NOS. The summed E-state index contributed by atoms with van der Waals surface area (Å²) in [5.74, 6) is 1.23. The van der Waals surface area contributed by atoms with Gasteiger partial charge in [-0.2, -0.15) is 0 Å². The Hall–Kier alpha value is -0.670. The van der Waals surface area contributed by atoms with Gasteiger partial charge in [-0.3, -0.25) is 4.21 Å². The summed E-state index contributed by atoms with van der Waals surface area (Å²) < 4.78 is 12.0. The van der Waals surface area contributed by atoms with Crippen LogP contribution in [0.15, 0.2) is 29.2 Å². The summed E-state index contributed by atoms with van der Waals surface area (Å²) in [4.78, 5) is 0.908. The monoisotopic (exact) mass is 223 g/mol. The van der Waals surface area contributed by atoms with Crippen LogP contribution in [0.2, 0.25) is 0 Å². The van der Waals surface area contributed by atoms with E-state index >= 15 is 0 Å². The third-order valence-electron chi connectivity index (χ3n) is 2.82. The summed E-state index contributed by atoms with van der Waals surface area (Å²) in [6.07, 6.45) is 2.43. The van der Waals surface area contributed by atoms with Crippen molar-refractivity contribution in [2.45, 2.75) is 30.7 Å². The van der Waals surface area contributed by atoms with Gasteiger partial charge in [-0.25, -0.2) is 0 Å². The molecule has 0 heterocycles. The van der Waals surface area contributed by atoms with E-state index in [0.29, 0.717) is 11.7 Å². The van der Waals surface area contributed by atoms with Crippen LogP contribution >= 0.6 is 0 Å². The van der Waals surface area contributed by atoms with Crippen molar-refractivity contribution in [3.63, 3.8) is 0 Å². The Labute approximate surface area is 93.3 Å². The number of hydrogen-bond donors (Lipinski definition) is 1. The highest BCUT2D eigenvalue weighted by Gasteiger charge is 2.29. The van der Waals surface area contributed by atoms with E-state index in [1.54, 1.807) is 0 Å². The van der Waals surface area contributed by atoms with E-state index in [1.807, 2.05) is 31.2 Å². The van der Waals surface area contributed by atoms with Crippen LogP contribution in [0.4, 0.5) is 0 Å². The predicted octanol–water partition coefficient (Wildman–Crippen LogP) is 1.84. The predicted molar refractivity (Wildman–Crippen MR) is 63.2 cm³/mol. The molecule has 1 aromatic carbocycles. The molecule has 0 radical (unpaired) electrons. The van der Waals surface area contributed by atoms with Gasteiger partial charge >= 0.3 is 0 Å². The van der Waals surface area contributed by atoms with Crippen molar-refractivity contribution in [2.75, 3.05) is 5.75 Å². The molecule has 2 nitrogen and oxygen atoms in total. The van der Waals surface area contributed by atoms with Crippen molar-refractivity contribution < 1.29 is 4.21 Å². The Morgan fingerprint density at radius 1 is 1.53 bits per heavy atom. The number of nitrogens with two attached hydrogens (primary N) is 1. The fraction of sp³-hybridized carbons (Fsp3) is 0.500. The SMILES string of the molecule is Cc1cccc(S(=O)CC(N)C2CC2)c1. The molecule has 1 saturated carbocycles. The van der Waals surface area contributed by atoms with Gasteiger partial charge in [0, 0.05) is 16.7 Å². The maximum Gasteiger partial charge on any atom is 0.0545 e. The topological polar surface area (TPSA) is 43.1 Å². The second kappa shape index (κ2) is 4.45. The third-order valence-corrected chi connectivity index (χ3v) is 4.29. The van der Waals surface area contributed by atoms with Gasteiger partial charge in [0.2, 0.25) is 0 Å². The van der Waals surface area contributed by atoms with Crippen LogP contribution in [0.3, 0.4) is 0 Å². The Kier molecular flexibility index (Phi) is 3.22. The minimum atomic E-state index is -0.929. The minimum absolute atomic E-state index is 0.117. The van der Waals surface area contributed by atoms with E-state index in [-0.39, 0.29) is 6.04 Å². The molecule has 0 aliphatic heterocycles. The molecule has 2 rings (SSSR count). The summed E-state index contributed by atoms with van der Waals surface area (Å²) in [5, 5.41) is 0. The molecule has 2 N–H and O–H groups in total. The second-order valence-electron chi connectivity index (χ2n) is 4.33. The first-order valence-corrected chi connectivity index (χ1v) is 6.69. The number of benzene rings is 1. The smallest absolute Gasteiger partial charge is 0.0545 e. The van der Waals surface area contributed by atoms with E-state index in [4.69, 9.17) is 5.73 Å². The van der Waals surface area contributed by atoms with Crippen molar-refractivity contribution in [1.29, 1.82) is 0 Å². The molecule has 0 amide bonds. The lowest BCUT2D eigenvalue weighted by Gasteiger charge is -2.09. The first kappa shape index (κ1) is 10.8. The Bertz CT molecular complexity index is 374. The molecule has 2 atom stereocenters. The van der Waals surface area contributed by atoms with Gasteiger partial charge in [-0.15, -0.1) is 0 Å². The van der Waals surface area contributed by atoms with E-state index in [0.717, 1.165) is 10.5 Å². The number of aryl methyl sites for hydroxylation is 1. The normalized spacial score (nSPS) is 19.9. The molecule has 1 aliphatic rings. The maximum absolute atomic E-state index is 12.0. The first-order chi connectivity index (χ1) is 7.16. The van der Waals surface area contributed by atoms with Crippen LogP contribution < -0.4 is 5.73 Å². The van der Waals surface area contributed by atoms with Gasteiger partial charge in [-0.05, 0) is 43.4 Å². The lowest BCUT2D eigenvalue weighted by molar-refractivity contribution is 0.634. The summed E-state index contributed by atoms with van der Waals surface area (Å²) >= 11 is 0. The molecular weight excluding hydrogens is 206 g/mol. The molecule has 0 aromatic heterocycles. The first-order valence-electron chi connectivity index (χ1n) is 5.37. The van der Waals surface area contributed by atoms with Crippen LogP contribution in [-0.4, -0.2) is 16.0 Å². The standard InChI is InChI=1S/C12H17NOS/c1-9-3-2-4-11(7-9)15(14)8-12(13)10-5-6-10/h2-4,7,10,12H,5-6,8,13H2,1H3. The van der Waals surface area contributed by atoms with Gasteiger partial charge in [0.15, 0.2) is 0 Å². The third kappa shape index (κ3) is 2.89. The lowest BCUT2D eigenvalue weighted by Crippen LogP contribution is -2.29. The fourth-order valence-corrected chi connectivity index (χ4v) is 3.05. The summed E-state index contributed by atoms with van der Waals surface area (Å²) in [5.41, 5.74) is 7.12. The van der Waals surface area contributed by atoms with E-state index in [9.17, 15) is 4.21 Å². The summed E-state index contributed by atoms with van der Waals surface area (Å²) in [6, 6.07) is 7.98. The van der Waals surface area contributed by atoms with Crippen molar-refractivity contribution in [3.05, 3.63) is 29.8 Å². The van der Waals surface area contributed by atoms with Crippen LogP contribution in [0.5, 0.6) is 0 Å². The average Bonchev–Trinajstić information content (AvgIpc) is 3.00. The highest BCUT2D eigenvalue weighted by atomic mass is 32.2. The molecule has 0 saturated heterocycles. The van der Waals surface area contributed by atoms with Gasteiger partial charge < -0.3 is 5.73 Å². The van der Waals surface area contributed by atoms with Crippen LogP contribution in [-0.2, 0) is 10.8 Å². The maximum atomic E-state index is 12.0. The van der Waals surface area contributed by atoms with Crippen molar-refractivity contribution in [3.8, 4) is 0 Å². The Morgan fingerprint density at radius 2 is 2.27 bits per heavy atom. The van der Waals surface area contributed by atoms with Crippen molar-refractivity contribution >= 4 is 10.8 Å². The highest BCUT2D eigenvalue weighted by molar-refractivity contribution is 7.85. The van der Waals surface area contributed by atoms with Crippen molar-refractivity contribution in [2.24, 2.45) is 11.7 Å². The quantitative estimate of drug-likeness (QED) is 0.846. The number of hydrogen-bond acceptors (Lipinski definition) is 2. The van der Waals surface area contributed by atoms with E-state index < -0.39 is 10.8 Å². The van der Waals surface area contributed by atoms with Crippen LogP contribution in [0.1, 0.15) is 18.4 Å². The molecule has 0 bridgehead atoms. The number of rotatable bonds is 4. The largest absolute Gasteiger partial charge is 0.327 e. The molecule has 82 valence electrons. The summed E-state index contributed by atoms with van der Waals surface area (Å²) in [6.45, 7) is 2.02. The molecule has 2 unspecified atom stereocenters. The van der Waals surface area contributed by atoms with E-state index in [1.165, 1.54) is 12.8 Å². The van der Waals surface area contributed by atoms with Gasteiger partial charge in [0.05, 0.1) is 10.8 Å². The molecule has 0 spiro atoms. The zero-order chi connectivity index (χ0) is 10.8. The molecule has 1 aromatic rings. The fourth-order valence-electron chi connectivity index (χ4n) is 1.69. The molecule has 15 heavy (non-hydrogen) atoms. The average molecular weight is 223 g/mol. The van der Waals surface area contributed by atoms with Crippen LogP contribution in [0, 0.1) is 12.8 Å². The highest BCUT2D eigenvalue weighted by Crippen LogP contribution is 2.32. The molecule has 3 heteroatoms. The second-order valence-corrected chi connectivity index (χ2v) is 5.83. The van der Waals surface area contributed by atoms with Crippen molar-refractivity contribution in [1.82, 2.24) is 0 Å². The van der Waals surface area contributed by atoms with Gasteiger partial charge in [0.25, 0.3) is 0 Å². The zero-order valence-corrected chi connectivity index (χ0v) is 9.80.